The summed E-state index contributed by atoms with van der Waals surface area (Å²) in [5.41, 5.74) is 4.19. The third-order valence-corrected chi connectivity index (χ3v) is 6.08. The Labute approximate surface area is 176 Å². The van der Waals surface area contributed by atoms with E-state index in [1.54, 1.807) is 23.5 Å². The predicted octanol–water partition coefficient (Wildman–Crippen LogP) is 4.26. The molecule has 0 saturated carbocycles. The Bertz CT molecular complexity index is 1230. The van der Waals surface area contributed by atoms with Gasteiger partial charge in [0.25, 0.3) is 5.56 Å². The first-order chi connectivity index (χ1) is 14.7. The van der Waals surface area contributed by atoms with Gasteiger partial charge in [-0.2, -0.15) is 0 Å². The van der Waals surface area contributed by atoms with Crippen molar-refractivity contribution in [3.05, 3.63) is 92.4 Å². The van der Waals surface area contributed by atoms with E-state index in [0.717, 1.165) is 46.1 Å². The molecular weight excluding hydrogens is 399 g/mol. The number of benzene rings is 2. The quantitative estimate of drug-likeness (QED) is 0.538. The molecular formula is C23H19FN4OS. The minimum atomic E-state index is -0.254. The second-order valence-corrected chi connectivity index (χ2v) is 8.24. The molecule has 1 aliphatic heterocycles. The summed E-state index contributed by atoms with van der Waals surface area (Å²) >= 11 is 1.58. The van der Waals surface area contributed by atoms with Crippen molar-refractivity contribution in [1.82, 2.24) is 19.9 Å². The molecule has 150 valence electrons. The third-order valence-electron chi connectivity index (χ3n) is 5.25. The van der Waals surface area contributed by atoms with Crippen LogP contribution in [0.4, 0.5) is 4.39 Å². The van der Waals surface area contributed by atoms with E-state index < -0.39 is 0 Å². The molecule has 5 nitrogen and oxygen atoms in total. The average molecular weight is 418 g/mol. The molecule has 0 amide bonds. The van der Waals surface area contributed by atoms with Gasteiger partial charge < -0.3 is 4.98 Å². The van der Waals surface area contributed by atoms with Gasteiger partial charge in [0.1, 0.15) is 16.6 Å². The normalized spacial score (nSPS) is 13.9. The minimum Gasteiger partial charge on any atom is -0.306 e. The van der Waals surface area contributed by atoms with Gasteiger partial charge in [0.15, 0.2) is 0 Å². The molecule has 7 heteroatoms. The topological polar surface area (TPSA) is 61.9 Å². The van der Waals surface area contributed by atoms with Crippen molar-refractivity contribution in [3.8, 4) is 22.6 Å². The maximum Gasteiger partial charge on any atom is 0.255 e. The van der Waals surface area contributed by atoms with Crippen LogP contribution >= 0.6 is 11.3 Å². The average Bonchev–Trinajstić information content (AvgIpc) is 3.23. The molecule has 0 spiro atoms. The highest BCUT2D eigenvalue weighted by atomic mass is 32.1. The number of thiazole rings is 1. The van der Waals surface area contributed by atoms with Crippen molar-refractivity contribution >= 4 is 11.3 Å². The molecule has 0 fully saturated rings. The van der Waals surface area contributed by atoms with Crippen molar-refractivity contribution in [2.45, 2.75) is 19.5 Å². The number of rotatable bonds is 4. The van der Waals surface area contributed by atoms with Crippen molar-refractivity contribution in [2.24, 2.45) is 0 Å². The minimum absolute atomic E-state index is 0.0744. The Morgan fingerprint density at radius 2 is 1.83 bits per heavy atom. The summed E-state index contributed by atoms with van der Waals surface area (Å²) in [5, 5.41) is 2.96. The largest absolute Gasteiger partial charge is 0.306 e. The molecule has 0 unspecified atom stereocenters. The lowest BCUT2D eigenvalue weighted by atomic mass is 10.1. The van der Waals surface area contributed by atoms with Crippen LogP contribution in [0.25, 0.3) is 22.6 Å². The van der Waals surface area contributed by atoms with Gasteiger partial charge in [0, 0.05) is 36.0 Å². The van der Waals surface area contributed by atoms with Crippen LogP contribution in [-0.4, -0.2) is 26.4 Å². The second-order valence-electron chi connectivity index (χ2n) is 7.30. The Kier molecular flexibility index (Phi) is 4.98. The van der Waals surface area contributed by atoms with Gasteiger partial charge in [0.2, 0.25) is 0 Å². The number of aromatic nitrogens is 3. The lowest BCUT2D eigenvalue weighted by Crippen LogP contribution is -2.35. The zero-order valence-corrected chi connectivity index (χ0v) is 17.0. The van der Waals surface area contributed by atoms with Gasteiger partial charge in [-0.1, -0.05) is 30.3 Å². The smallest absolute Gasteiger partial charge is 0.255 e. The zero-order valence-electron chi connectivity index (χ0n) is 16.1. The highest BCUT2D eigenvalue weighted by Crippen LogP contribution is 2.25. The third kappa shape index (κ3) is 3.81. The van der Waals surface area contributed by atoms with E-state index in [2.05, 4.69) is 14.9 Å². The first-order valence-corrected chi connectivity index (χ1v) is 10.6. The van der Waals surface area contributed by atoms with Gasteiger partial charge in [-0.25, -0.2) is 14.4 Å². The molecule has 3 heterocycles. The lowest BCUT2D eigenvalue weighted by molar-refractivity contribution is 0.241. The Morgan fingerprint density at radius 1 is 1.03 bits per heavy atom. The van der Waals surface area contributed by atoms with Gasteiger partial charge in [-0.15, -0.1) is 11.3 Å². The lowest BCUT2D eigenvalue weighted by Gasteiger charge is -2.26. The highest BCUT2D eigenvalue weighted by Gasteiger charge is 2.22. The van der Waals surface area contributed by atoms with E-state index in [0.29, 0.717) is 18.9 Å². The van der Waals surface area contributed by atoms with Crippen molar-refractivity contribution in [1.29, 1.82) is 0 Å². The van der Waals surface area contributed by atoms with Crippen LogP contribution in [0.3, 0.4) is 0 Å². The predicted molar refractivity (Wildman–Crippen MR) is 116 cm³/mol. The van der Waals surface area contributed by atoms with Crippen LogP contribution in [0.1, 0.15) is 16.3 Å². The Balaban J connectivity index is 1.33. The number of H-pyrrole nitrogens is 1. The SMILES string of the molecule is O=c1[nH]c(-c2ccccc2)nc2c1CN(Cc1nc(-c3ccc(F)cc3)cs1)CC2. The van der Waals surface area contributed by atoms with Gasteiger partial charge in [-0.3, -0.25) is 9.69 Å². The van der Waals surface area contributed by atoms with E-state index in [-0.39, 0.29) is 11.4 Å². The number of halogens is 1. The van der Waals surface area contributed by atoms with Crippen LogP contribution < -0.4 is 5.56 Å². The zero-order chi connectivity index (χ0) is 20.5. The van der Waals surface area contributed by atoms with Gasteiger partial charge in [-0.05, 0) is 24.3 Å². The Hall–Kier alpha value is -3.16. The van der Waals surface area contributed by atoms with Gasteiger partial charge in [0.05, 0.1) is 23.5 Å². The van der Waals surface area contributed by atoms with E-state index in [1.807, 2.05) is 35.7 Å². The summed E-state index contributed by atoms with van der Waals surface area (Å²) in [7, 11) is 0. The van der Waals surface area contributed by atoms with Crippen LogP contribution in [-0.2, 0) is 19.5 Å². The summed E-state index contributed by atoms with van der Waals surface area (Å²) in [6.07, 6.45) is 0.731. The summed E-state index contributed by atoms with van der Waals surface area (Å²) in [6, 6.07) is 16.1. The van der Waals surface area contributed by atoms with Crippen LogP contribution in [0, 0.1) is 5.82 Å². The van der Waals surface area contributed by atoms with E-state index in [4.69, 9.17) is 4.98 Å². The Morgan fingerprint density at radius 3 is 2.63 bits per heavy atom. The van der Waals surface area contributed by atoms with E-state index in [1.165, 1.54) is 12.1 Å². The van der Waals surface area contributed by atoms with Crippen molar-refractivity contribution < 1.29 is 4.39 Å². The number of nitrogens with zero attached hydrogens (tertiary/aromatic N) is 3. The molecule has 0 radical (unpaired) electrons. The summed E-state index contributed by atoms with van der Waals surface area (Å²) in [5.74, 6) is 0.368. The molecule has 4 aromatic rings. The van der Waals surface area contributed by atoms with E-state index >= 15 is 0 Å². The second kappa shape index (κ2) is 7.93. The molecule has 2 aromatic carbocycles. The molecule has 0 aliphatic carbocycles. The van der Waals surface area contributed by atoms with Crippen molar-refractivity contribution in [2.75, 3.05) is 6.54 Å². The summed E-state index contributed by atoms with van der Waals surface area (Å²) < 4.78 is 13.1. The standard InChI is InChI=1S/C23H19FN4OS/c24-17-8-6-15(7-9-17)20-14-30-21(25-20)13-28-11-10-19-18(12-28)23(29)27-22(26-19)16-4-2-1-3-5-16/h1-9,14H,10-13H2,(H,26,27,29). The maximum atomic E-state index is 13.1. The van der Waals surface area contributed by atoms with Crippen LogP contribution in [0.2, 0.25) is 0 Å². The number of aromatic amines is 1. The first kappa shape index (κ1) is 18.8. The van der Waals surface area contributed by atoms with Gasteiger partial charge >= 0.3 is 0 Å². The molecule has 5 rings (SSSR count). The molecule has 0 atom stereocenters. The molecule has 1 N–H and O–H groups in total. The number of hydrogen-bond acceptors (Lipinski definition) is 5. The number of nitrogens with one attached hydrogen (secondary N) is 1. The van der Waals surface area contributed by atoms with Crippen molar-refractivity contribution in [3.63, 3.8) is 0 Å². The fourth-order valence-electron chi connectivity index (χ4n) is 3.68. The fraction of sp³-hybridized carbons (Fsp3) is 0.174. The summed E-state index contributed by atoms with van der Waals surface area (Å²) in [6.45, 7) is 2.05. The van der Waals surface area contributed by atoms with E-state index in [9.17, 15) is 9.18 Å². The summed E-state index contributed by atoms with van der Waals surface area (Å²) in [4.78, 5) is 27.3. The molecule has 1 aliphatic rings. The molecule has 0 bridgehead atoms. The van der Waals surface area contributed by atoms with Crippen LogP contribution in [0.5, 0.6) is 0 Å². The fourth-order valence-corrected chi connectivity index (χ4v) is 4.52. The first-order valence-electron chi connectivity index (χ1n) is 9.76. The monoisotopic (exact) mass is 418 g/mol. The molecule has 30 heavy (non-hydrogen) atoms. The number of fused-ring (bicyclic) bond motifs is 1. The highest BCUT2D eigenvalue weighted by molar-refractivity contribution is 7.09. The van der Waals surface area contributed by atoms with Crippen LogP contribution in [0.15, 0.2) is 64.8 Å². The maximum absolute atomic E-state index is 13.1. The molecule has 2 aromatic heterocycles. The molecule has 0 saturated heterocycles. The number of hydrogen-bond donors (Lipinski definition) is 1.